The summed E-state index contributed by atoms with van der Waals surface area (Å²) in [5.74, 6) is -0.0456. The van der Waals surface area contributed by atoms with Crippen LogP contribution in [-0.2, 0) is 14.4 Å². The molecule has 6 nitrogen and oxygen atoms in total. The van der Waals surface area contributed by atoms with Crippen LogP contribution in [0.3, 0.4) is 0 Å². The molecule has 1 aliphatic rings. The summed E-state index contributed by atoms with van der Waals surface area (Å²) in [7, 11) is 0. The van der Waals surface area contributed by atoms with Crippen molar-refractivity contribution in [3.63, 3.8) is 0 Å². The lowest BCUT2D eigenvalue weighted by Crippen LogP contribution is -2.22. The van der Waals surface area contributed by atoms with Crippen molar-refractivity contribution in [2.24, 2.45) is 5.92 Å². The first-order valence-corrected chi connectivity index (χ1v) is 10.0. The Morgan fingerprint density at radius 2 is 1.57 bits per heavy atom. The van der Waals surface area contributed by atoms with Gasteiger partial charge in [0.05, 0.1) is 5.25 Å². The first-order chi connectivity index (χ1) is 13.4. The molecule has 3 N–H and O–H groups in total. The van der Waals surface area contributed by atoms with Crippen LogP contribution in [-0.4, -0.2) is 23.0 Å². The summed E-state index contributed by atoms with van der Waals surface area (Å²) in [6.07, 6.45) is 1.92. The van der Waals surface area contributed by atoms with Crippen LogP contribution in [0.15, 0.2) is 53.4 Å². The highest BCUT2D eigenvalue weighted by Crippen LogP contribution is 2.31. The quantitative estimate of drug-likeness (QED) is 0.614. The number of rotatable bonds is 7. The second kappa shape index (κ2) is 8.93. The summed E-state index contributed by atoms with van der Waals surface area (Å²) in [6, 6.07) is 14.5. The highest BCUT2D eigenvalue weighted by molar-refractivity contribution is 8.00. The van der Waals surface area contributed by atoms with Crippen molar-refractivity contribution in [2.45, 2.75) is 36.8 Å². The van der Waals surface area contributed by atoms with Crippen LogP contribution in [0, 0.1) is 5.92 Å². The minimum Gasteiger partial charge on any atom is -0.326 e. The molecular weight excluding hydrogens is 374 g/mol. The second-order valence-corrected chi connectivity index (χ2v) is 8.21. The fraction of sp³-hybridized carbons (Fsp3) is 0.286. The predicted octanol–water partition coefficient (Wildman–Crippen LogP) is 4.11. The van der Waals surface area contributed by atoms with Gasteiger partial charge in [0.15, 0.2) is 0 Å². The molecule has 1 aliphatic carbocycles. The van der Waals surface area contributed by atoms with Gasteiger partial charge in [-0.1, -0.05) is 6.07 Å². The lowest BCUT2D eigenvalue weighted by Gasteiger charge is -2.13. The fourth-order valence-corrected chi connectivity index (χ4v) is 3.51. The SMILES string of the molecule is CC(=O)Nc1ccc(NC(=O)C(C)Sc2cccc(NC(=O)C3CC3)c2)cc1. The monoisotopic (exact) mass is 397 g/mol. The van der Waals surface area contributed by atoms with Crippen LogP contribution in [0.2, 0.25) is 0 Å². The summed E-state index contributed by atoms with van der Waals surface area (Å²) < 4.78 is 0. The Balaban J connectivity index is 1.54. The van der Waals surface area contributed by atoms with Gasteiger partial charge in [-0.25, -0.2) is 0 Å². The number of hydrogen-bond acceptors (Lipinski definition) is 4. The van der Waals surface area contributed by atoms with Crippen molar-refractivity contribution in [1.82, 2.24) is 0 Å². The summed E-state index contributed by atoms with van der Waals surface area (Å²) in [6.45, 7) is 3.28. The van der Waals surface area contributed by atoms with Gasteiger partial charge in [-0.05, 0) is 62.2 Å². The van der Waals surface area contributed by atoms with E-state index in [1.807, 2.05) is 31.2 Å². The van der Waals surface area contributed by atoms with Crippen molar-refractivity contribution in [1.29, 1.82) is 0 Å². The first-order valence-electron chi connectivity index (χ1n) is 9.17. The van der Waals surface area contributed by atoms with Crippen LogP contribution in [0.1, 0.15) is 26.7 Å². The van der Waals surface area contributed by atoms with E-state index in [4.69, 9.17) is 0 Å². The number of thioether (sulfide) groups is 1. The molecule has 0 radical (unpaired) electrons. The van der Waals surface area contributed by atoms with E-state index < -0.39 is 0 Å². The van der Waals surface area contributed by atoms with Gasteiger partial charge in [-0.2, -0.15) is 0 Å². The number of benzene rings is 2. The predicted molar refractivity (Wildman–Crippen MR) is 112 cm³/mol. The fourth-order valence-electron chi connectivity index (χ4n) is 2.58. The Morgan fingerprint density at radius 1 is 0.929 bits per heavy atom. The van der Waals surface area contributed by atoms with Gasteiger partial charge in [0, 0.05) is 34.8 Å². The molecule has 0 aromatic heterocycles. The second-order valence-electron chi connectivity index (χ2n) is 6.80. The zero-order valence-corrected chi connectivity index (χ0v) is 16.6. The van der Waals surface area contributed by atoms with Crippen molar-refractivity contribution in [3.8, 4) is 0 Å². The average Bonchev–Trinajstić information content (AvgIpc) is 3.48. The van der Waals surface area contributed by atoms with Crippen molar-refractivity contribution >= 4 is 46.5 Å². The Bertz CT molecular complexity index is 879. The summed E-state index contributed by atoms with van der Waals surface area (Å²) in [5, 5.41) is 8.16. The molecule has 3 amide bonds. The summed E-state index contributed by atoms with van der Waals surface area (Å²) in [4.78, 5) is 36.3. The van der Waals surface area contributed by atoms with Gasteiger partial charge >= 0.3 is 0 Å². The van der Waals surface area contributed by atoms with Crippen molar-refractivity contribution < 1.29 is 14.4 Å². The Labute approximate surface area is 168 Å². The Kier molecular flexibility index (Phi) is 6.36. The van der Waals surface area contributed by atoms with E-state index in [-0.39, 0.29) is 28.9 Å². The number of anilines is 3. The maximum Gasteiger partial charge on any atom is 0.237 e. The third-order valence-electron chi connectivity index (χ3n) is 4.20. The lowest BCUT2D eigenvalue weighted by atomic mass is 10.2. The largest absolute Gasteiger partial charge is 0.326 e. The highest BCUT2D eigenvalue weighted by Gasteiger charge is 2.29. The first kappa shape index (κ1) is 19.9. The molecule has 1 saturated carbocycles. The standard InChI is InChI=1S/C21H23N3O3S/c1-13(20(26)23-17-10-8-16(9-11-17)22-14(2)25)28-19-5-3-4-18(12-19)24-21(27)15-6-7-15/h3-5,8-13,15H,6-7H2,1-2H3,(H,22,25)(H,23,26)(H,24,27). The van der Waals surface area contributed by atoms with E-state index in [9.17, 15) is 14.4 Å². The van der Waals surface area contributed by atoms with E-state index in [2.05, 4.69) is 16.0 Å². The highest BCUT2D eigenvalue weighted by atomic mass is 32.2. The van der Waals surface area contributed by atoms with Crippen LogP contribution in [0.5, 0.6) is 0 Å². The maximum absolute atomic E-state index is 12.5. The molecule has 3 rings (SSSR count). The maximum atomic E-state index is 12.5. The normalized spacial score (nSPS) is 14.1. The van der Waals surface area contributed by atoms with Gasteiger partial charge in [0.2, 0.25) is 17.7 Å². The van der Waals surface area contributed by atoms with Crippen LogP contribution in [0.25, 0.3) is 0 Å². The lowest BCUT2D eigenvalue weighted by molar-refractivity contribution is -0.117. The van der Waals surface area contributed by atoms with Crippen LogP contribution in [0.4, 0.5) is 17.1 Å². The zero-order valence-electron chi connectivity index (χ0n) is 15.8. The Hall–Kier alpha value is -2.80. The molecule has 1 unspecified atom stereocenters. The molecule has 146 valence electrons. The minimum absolute atomic E-state index is 0.0654. The topological polar surface area (TPSA) is 87.3 Å². The van der Waals surface area contributed by atoms with Crippen molar-refractivity contribution in [3.05, 3.63) is 48.5 Å². The van der Waals surface area contributed by atoms with E-state index in [1.54, 1.807) is 24.3 Å². The molecule has 1 fully saturated rings. The molecule has 7 heteroatoms. The molecular formula is C21H23N3O3S. The molecule has 2 aromatic carbocycles. The summed E-state index contributed by atoms with van der Waals surface area (Å²) in [5.41, 5.74) is 2.10. The molecule has 0 bridgehead atoms. The third kappa shape index (κ3) is 5.85. The van der Waals surface area contributed by atoms with E-state index in [1.165, 1.54) is 18.7 Å². The minimum atomic E-state index is -0.315. The van der Waals surface area contributed by atoms with Gasteiger partial charge < -0.3 is 16.0 Å². The molecule has 0 spiro atoms. The average molecular weight is 398 g/mol. The number of hydrogen-bond donors (Lipinski definition) is 3. The van der Waals surface area contributed by atoms with E-state index in [0.717, 1.165) is 23.4 Å². The number of nitrogens with one attached hydrogen (secondary N) is 3. The Morgan fingerprint density at radius 3 is 2.18 bits per heavy atom. The zero-order chi connectivity index (χ0) is 20.1. The molecule has 28 heavy (non-hydrogen) atoms. The van der Waals surface area contributed by atoms with Crippen molar-refractivity contribution in [2.75, 3.05) is 16.0 Å². The van der Waals surface area contributed by atoms with Crippen LogP contribution < -0.4 is 16.0 Å². The summed E-state index contributed by atoms with van der Waals surface area (Å²) >= 11 is 1.43. The number of carbonyl (C=O) groups excluding carboxylic acids is 3. The number of carbonyl (C=O) groups is 3. The molecule has 1 atom stereocenters. The van der Waals surface area contributed by atoms with E-state index >= 15 is 0 Å². The van der Waals surface area contributed by atoms with Gasteiger partial charge in [-0.3, -0.25) is 14.4 Å². The van der Waals surface area contributed by atoms with Crippen LogP contribution >= 0.6 is 11.8 Å². The molecule has 0 aliphatic heterocycles. The number of amides is 3. The molecule has 2 aromatic rings. The molecule has 0 heterocycles. The van der Waals surface area contributed by atoms with E-state index in [0.29, 0.717) is 11.4 Å². The van der Waals surface area contributed by atoms with Gasteiger partial charge in [-0.15, -0.1) is 11.8 Å². The molecule has 0 saturated heterocycles. The smallest absolute Gasteiger partial charge is 0.237 e. The third-order valence-corrected chi connectivity index (χ3v) is 5.30. The van der Waals surface area contributed by atoms with Gasteiger partial charge in [0.25, 0.3) is 0 Å². The van der Waals surface area contributed by atoms with Gasteiger partial charge in [0.1, 0.15) is 0 Å².